The van der Waals surface area contributed by atoms with Gasteiger partial charge in [-0.3, -0.25) is 10.1 Å². The molecule has 0 unspecified atom stereocenters. The Morgan fingerprint density at radius 3 is 2.61 bits per heavy atom. The Hall–Kier alpha value is -1.92. The maximum absolute atomic E-state index is 10.8. The second kappa shape index (κ2) is 5.16. The topological polar surface area (TPSA) is 78.2 Å². The van der Waals surface area contributed by atoms with Gasteiger partial charge in [0.05, 0.1) is 4.92 Å². The first-order valence-corrected chi connectivity index (χ1v) is 5.42. The average Bonchev–Trinajstić information content (AvgIpc) is 2.32. The highest BCUT2D eigenvalue weighted by Gasteiger charge is 2.18. The van der Waals surface area contributed by atoms with Crippen LogP contribution < -0.4 is 4.74 Å². The number of hydrogen-bond acceptors (Lipinski definition) is 5. The molecule has 18 heavy (non-hydrogen) atoms. The highest BCUT2D eigenvalue weighted by atomic mass is 35.5. The Morgan fingerprint density at radius 2 is 1.94 bits per heavy atom. The van der Waals surface area contributed by atoms with E-state index in [0.717, 1.165) is 0 Å². The molecule has 92 valence electrons. The van der Waals surface area contributed by atoms with Gasteiger partial charge in [0, 0.05) is 29.5 Å². The van der Waals surface area contributed by atoms with Crippen LogP contribution >= 0.6 is 23.2 Å². The van der Waals surface area contributed by atoms with Crippen LogP contribution in [0.1, 0.15) is 0 Å². The molecule has 0 amide bonds. The first-order chi connectivity index (χ1) is 8.58. The lowest BCUT2D eigenvalue weighted by molar-refractivity contribution is -0.385. The molecule has 2 rings (SSSR count). The van der Waals surface area contributed by atoms with Gasteiger partial charge in [-0.05, 0) is 6.07 Å². The van der Waals surface area contributed by atoms with Gasteiger partial charge in [-0.2, -0.15) is 0 Å². The molecule has 0 bridgehead atoms. The van der Waals surface area contributed by atoms with E-state index in [0.29, 0.717) is 5.02 Å². The van der Waals surface area contributed by atoms with Crippen LogP contribution in [0.25, 0.3) is 0 Å². The molecule has 1 heterocycles. The highest BCUT2D eigenvalue weighted by molar-refractivity contribution is 6.31. The van der Waals surface area contributed by atoms with Crippen molar-refractivity contribution < 1.29 is 9.66 Å². The Bertz CT molecular complexity index is 607. The number of hydrogen-bond donors (Lipinski definition) is 0. The minimum Gasteiger partial charge on any atom is -0.429 e. The Kier molecular flexibility index (Phi) is 3.59. The number of benzene rings is 1. The molecule has 1 aromatic heterocycles. The summed E-state index contributed by atoms with van der Waals surface area (Å²) in [5.74, 6) is -0.0700. The fraction of sp³-hybridized carbons (Fsp3) is 0. The van der Waals surface area contributed by atoms with E-state index in [2.05, 4.69) is 9.97 Å². The lowest BCUT2D eigenvalue weighted by Crippen LogP contribution is -1.95. The van der Waals surface area contributed by atoms with Crippen molar-refractivity contribution in [2.75, 3.05) is 0 Å². The zero-order chi connectivity index (χ0) is 13.1. The molecule has 0 aliphatic carbocycles. The summed E-state index contributed by atoms with van der Waals surface area (Å²) in [5.41, 5.74) is -0.235. The van der Waals surface area contributed by atoms with Gasteiger partial charge in [-0.25, -0.2) is 9.97 Å². The van der Waals surface area contributed by atoms with Crippen LogP contribution in [0.15, 0.2) is 30.6 Å². The van der Waals surface area contributed by atoms with Crippen LogP contribution in [-0.2, 0) is 0 Å². The Balaban J connectivity index is 2.42. The van der Waals surface area contributed by atoms with E-state index in [1.165, 1.54) is 30.6 Å². The summed E-state index contributed by atoms with van der Waals surface area (Å²) in [7, 11) is 0. The maximum atomic E-state index is 10.8. The number of nitro groups is 1. The van der Waals surface area contributed by atoms with Gasteiger partial charge in [-0.1, -0.05) is 23.2 Å². The van der Waals surface area contributed by atoms with Gasteiger partial charge in [-0.15, -0.1) is 0 Å². The van der Waals surface area contributed by atoms with Gasteiger partial charge in [0.1, 0.15) is 0 Å². The molecule has 0 saturated heterocycles. The standard InChI is InChI=1S/C10H5Cl2N3O3/c11-6-1-2-7(15(16)17)8(5-6)18-10-9(12)13-3-4-14-10/h1-5H. The number of aromatic nitrogens is 2. The van der Waals surface area contributed by atoms with Crippen LogP contribution in [0.4, 0.5) is 5.69 Å². The van der Waals surface area contributed by atoms with Crippen molar-refractivity contribution in [2.24, 2.45) is 0 Å². The maximum Gasteiger partial charge on any atom is 0.311 e. The van der Waals surface area contributed by atoms with E-state index in [4.69, 9.17) is 27.9 Å². The van der Waals surface area contributed by atoms with E-state index in [1.807, 2.05) is 0 Å². The minimum absolute atomic E-state index is 0.00627. The zero-order valence-corrected chi connectivity index (χ0v) is 10.2. The molecule has 1 aromatic carbocycles. The normalized spacial score (nSPS) is 10.1. The van der Waals surface area contributed by atoms with Crippen LogP contribution in [0.3, 0.4) is 0 Å². The molecule has 0 spiro atoms. The molecule has 0 aliphatic heterocycles. The third-order valence-electron chi connectivity index (χ3n) is 1.95. The molecule has 0 atom stereocenters. The third-order valence-corrected chi connectivity index (χ3v) is 2.44. The molecule has 0 saturated carbocycles. The summed E-state index contributed by atoms with van der Waals surface area (Å²) in [5, 5.41) is 11.1. The number of nitro benzene ring substituents is 1. The summed E-state index contributed by atoms with van der Waals surface area (Å²) in [4.78, 5) is 17.8. The van der Waals surface area contributed by atoms with Crippen LogP contribution in [-0.4, -0.2) is 14.9 Å². The second-order valence-electron chi connectivity index (χ2n) is 3.12. The predicted molar refractivity (Wildman–Crippen MR) is 65.2 cm³/mol. The Morgan fingerprint density at radius 1 is 1.22 bits per heavy atom. The van der Waals surface area contributed by atoms with Crippen molar-refractivity contribution in [1.29, 1.82) is 0 Å². The molecule has 0 fully saturated rings. The molecule has 6 nitrogen and oxygen atoms in total. The van der Waals surface area contributed by atoms with Crippen LogP contribution in [0.2, 0.25) is 10.2 Å². The first-order valence-electron chi connectivity index (χ1n) is 4.66. The molecule has 0 N–H and O–H groups in total. The van der Waals surface area contributed by atoms with E-state index >= 15 is 0 Å². The quantitative estimate of drug-likeness (QED) is 0.637. The summed E-state index contributed by atoms with van der Waals surface area (Å²) < 4.78 is 5.25. The van der Waals surface area contributed by atoms with Gasteiger partial charge < -0.3 is 4.74 Å². The van der Waals surface area contributed by atoms with Crippen molar-refractivity contribution in [3.05, 3.63) is 50.9 Å². The average molecular weight is 286 g/mol. The van der Waals surface area contributed by atoms with Gasteiger partial charge in [0.15, 0.2) is 5.15 Å². The van der Waals surface area contributed by atoms with E-state index in [1.54, 1.807) is 0 Å². The van der Waals surface area contributed by atoms with Crippen molar-refractivity contribution in [2.45, 2.75) is 0 Å². The molecule has 0 aliphatic rings. The van der Waals surface area contributed by atoms with Crippen molar-refractivity contribution in [3.8, 4) is 11.6 Å². The monoisotopic (exact) mass is 285 g/mol. The van der Waals surface area contributed by atoms with Gasteiger partial charge in [0.2, 0.25) is 5.75 Å². The minimum atomic E-state index is -0.587. The smallest absolute Gasteiger partial charge is 0.311 e. The van der Waals surface area contributed by atoms with Gasteiger partial charge in [0.25, 0.3) is 5.88 Å². The Labute approximate surface area is 111 Å². The van der Waals surface area contributed by atoms with E-state index < -0.39 is 4.92 Å². The predicted octanol–water partition coefficient (Wildman–Crippen LogP) is 3.48. The fourth-order valence-electron chi connectivity index (χ4n) is 1.20. The second-order valence-corrected chi connectivity index (χ2v) is 3.92. The summed E-state index contributed by atoms with van der Waals surface area (Å²) in [6, 6.07) is 3.94. The largest absolute Gasteiger partial charge is 0.429 e. The molecule has 0 radical (unpaired) electrons. The molecule has 8 heteroatoms. The number of rotatable bonds is 3. The van der Waals surface area contributed by atoms with E-state index in [9.17, 15) is 10.1 Å². The first kappa shape index (κ1) is 12.5. The third kappa shape index (κ3) is 2.66. The molecular formula is C10H5Cl2N3O3. The summed E-state index contributed by atoms with van der Waals surface area (Å²) in [6.07, 6.45) is 2.74. The SMILES string of the molecule is O=[N+]([O-])c1ccc(Cl)cc1Oc1nccnc1Cl. The lowest BCUT2D eigenvalue weighted by atomic mass is 10.3. The van der Waals surface area contributed by atoms with Gasteiger partial charge >= 0.3 is 5.69 Å². The number of halogens is 2. The molecule has 2 aromatic rings. The highest BCUT2D eigenvalue weighted by Crippen LogP contribution is 2.34. The summed E-state index contributed by atoms with van der Waals surface area (Å²) in [6.45, 7) is 0. The number of ether oxygens (including phenoxy) is 1. The van der Waals surface area contributed by atoms with Crippen LogP contribution in [0, 0.1) is 10.1 Å². The van der Waals surface area contributed by atoms with Crippen molar-refractivity contribution >= 4 is 28.9 Å². The van der Waals surface area contributed by atoms with Crippen molar-refractivity contribution in [1.82, 2.24) is 9.97 Å². The summed E-state index contributed by atoms with van der Waals surface area (Å²) >= 11 is 11.5. The fourth-order valence-corrected chi connectivity index (χ4v) is 1.51. The number of nitrogens with zero attached hydrogens (tertiary/aromatic N) is 3. The van der Waals surface area contributed by atoms with E-state index in [-0.39, 0.29) is 22.5 Å². The lowest BCUT2D eigenvalue weighted by Gasteiger charge is -2.06. The zero-order valence-electron chi connectivity index (χ0n) is 8.71. The van der Waals surface area contributed by atoms with Crippen LogP contribution in [0.5, 0.6) is 11.6 Å². The van der Waals surface area contributed by atoms with Crippen molar-refractivity contribution in [3.63, 3.8) is 0 Å². The molecular weight excluding hydrogens is 281 g/mol.